The summed E-state index contributed by atoms with van der Waals surface area (Å²) in [5.74, 6) is -0.0794. The minimum Gasteiger partial charge on any atom is -0.447 e. The molecule has 0 saturated carbocycles. The average molecular weight is 342 g/mol. The zero-order valence-electron chi connectivity index (χ0n) is 14.3. The second-order valence-electron chi connectivity index (χ2n) is 6.51. The molecule has 26 heavy (non-hydrogen) atoms. The highest BCUT2D eigenvalue weighted by Gasteiger charge is 2.28. The lowest BCUT2D eigenvalue weighted by molar-refractivity contribution is 0.0555. The molecule has 0 aliphatic heterocycles. The normalized spacial score (nSPS) is 15.9. The summed E-state index contributed by atoms with van der Waals surface area (Å²) in [4.78, 5) is 17.5. The number of fused-ring (bicyclic) bond motifs is 2. The van der Waals surface area contributed by atoms with Crippen molar-refractivity contribution in [2.24, 2.45) is 0 Å². The van der Waals surface area contributed by atoms with Crippen LogP contribution in [0.5, 0.6) is 0 Å². The van der Waals surface area contributed by atoms with E-state index in [1.165, 1.54) is 5.56 Å². The van der Waals surface area contributed by atoms with E-state index in [9.17, 15) is 4.79 Å². The van der Waals surface area contributed by atoms with E-state index in [4.69, 9.17) is 15.0 Å². The van der Waals surface area contributed by atoms with Crippen LogP contribution in [0.2, 0.25) is 0 Å². The fraction of sp³-hybridized carbons (Fsp3) is 0.227. The molecule has 0 spiro atoms. The average Bonchev–Trinajstić information content (AvgIpc) is 2.70. The molecular formula is C22H18N2O2. The van der Waals surface area contributed by atoms with Crippen LogP contribution < -0.4 is 0 Å². The minimum atomic E-state index is -0.435. The van der Waals surface area contributed by atoms with E-state index in [-0.39, 0.29) is 6.61 Å². The predicted molar refractivity (Wildman–Crippen MR) is 98.8 cm³/mol. The van der Waals surface area contributed by atoms with E-state index in [1.54, 1.807) is 0 Å². The first kappa shape index (κ1) is 16.3. The van der Waals surface area contributed by atoms with Gasteiger partial charge in [0.2, 0.25) is 0 Å². The molecule has 1 aromatic heterocycles. The van der Waals surface area contributed by atoms with Gasteiger partial charge in [-0.2, -0.15) is 5.26 Å². The molecule has 128 valence electrons. The van der Waals surface area contributed by atoms with Crippen molar-refractivity contribution >= 4 is 16.9 Å². The lowest BCUT2D eigenvalue weighted by Gasteiger charge is -2.26. The van der Waals surface area contributed by atoms with Crippen molar-refractivity contribution < 1.29 is 9.53 Å². The highest BCUT2D eigenvalue weighted by atomic mass is 16.5. The zero-order chi connectivity index (χ0) is 17.9. The van der Waals surface area contributed by atoms with Crippen LogP contribution in [0.25, 0.3) is 10.9 Å². The smallest absolute Gasteiger partial charge is 0.340 e. The SMILES string of the molecule is N#CCOC(=O)c1c2c(nc3ccccc13)CCC(c1ccccc1)C2. The van der Waals surface area contributed by atoms with Crippen molar-refractivity contribution in [2.75, 3.05) is 6.61 Å². The van der Waals surface area contributed by atoms with E-state index >= 15 is 0 Å². The molecule has 1 heterocycles. The van der Waals surface area contributed by atoms with Gasteiger partial charge in [-0.1, -0.05) is 48.5 Å². The topological polar surface area (TPSA) is 63.0 Å². The van der Waals surface area contributed by atoms with Crippen molar-refractivity contribution in [1.29, 1.82) is 5.26 Å². The van der Waals surface area contributed by atoms with E-state index in [1.807, 2.05) is 48.5 Å². The number of esters is 1. The van der Waals surface area contributed by atoms with Gasteiger partial charge >= 0.3 is 5.97 Å². The summed E-state index contributed by atoms with van der Waals surface area (Å²) in [5.41, 5.74) is 4.59. The molecule has 0 radical (unpaired) electrons. The summed E-state index contributed by atoms with van der Waals surface area (Å²) in [5, 5.41) is 9.56. The molecule has 0 saturated heterocycles. The van der Waals surface area contributed by atoms with E-state index in [2.05, 4.69) is 12.1 Å². The third-order valence-corrected chi connectivity index (χ3v) is 5.00. The number of nitriles is 1. The number of aromatic nitrogens is 1. The third kappa shape index (κ3) is 2.93. The number of rotatable bonds is 3. The number of ether oxygens (including phenoxy) is 1. The number of hydrogen-bond donors (Lipinski definition) is 0. The second-order valence-corrected chi connectivity index (χ2v) is 6.51. The Labute approximate surface area is 152 Å². The molecule has 0 N–H and O–H groups in total. The number of carbonyl (C=O) groups excluding carboxylic acids is 1. The van der Waals surface area contributed by atoms with Crippen molar-refractivity contribution in [3.8, 4) is 6.07 Å². The summed E-state index contributed by atoms with van der Waals surface area (Å²) in [6.45, 7) is -0.244. The maximum absolute atomic E-state index is 12.7. The first-order valence-electron chi connectivity index (χ1n) is 8.77. The zero-order valence-corrected chi connectivity index (χ0v) is 14.3. The lowest BCUT2D eigenvalue weighted by Crippen LogP contribution is -2.20. The standard InChI is InChI=1S/C22H18N2O2/c23-12-13-26-22(25)21-17-8-4-5-9-19(17)24-20-11-10-16(14-18(20)21)15-6-2-1-3-7-15/h1-9,16H,10-11,13-14H2. The Morgan fingerprint density at radius 2 is 1.92 bits per heavy atom. The monoisotopic (exact) mass is 342 g/mol. The quantitative estimate of drug-likeness (QED) is 0.670. The molecular weight excluding hydrogens is 324 g/mol. The lowest BCUT2D eigenvalue weighted by atomic mass is 9.80. The highest BCUT2D eigenvalue weighted by Crippen LogP contribution is 2.36. The van der Waals surface area contributed by atoms with Gasteiger partial charge in [0.05, 0.1) is 11.1 Å². The Balaban J connectivity index is 1.83. The molecule has 1 unspecified atom stereocenters. The largest absolute Gasteiger partial charge is 0.447 e. The number of carbonyl (C=O) groups is 1. The molecule has 3 aromatic rings. The van der Waals surface area contributed by atoms with Gasteiger partial charge in [0.25, 0.3) is 0 Å². The number of nitrogens with zero attached hydrogens (tertiary/aromatic N) is 2. The minimum absolute atomic E-state index is 0.244. The summed E-state index contributed by atoms with van der Waals surface area (Å²) in [6, 6.07) is 19.9. The first-order chi connectivity index (χ1) is 12.8. The van der Waals surface area contributed by atoms with Crippen LogP contribution in [0.1, 0.15) is 39.5 Å². The highest BCUT2D eigenvalue weighted by molar-refractivity contribution is 6.05. The second kappa shape index (κ2) is 6.97. The maximum Gasteiger partial charge on any atom is 0.340 e. The van der Waals surface area contributed by atoms with Crippen LogP contribution in [-0.4, -0.2) is 17.6 Å². The number of aryl methyl sites for hydroxylation is 1. The van der Waals surface area contributed by atoms with Gasteiger partial charge < -0.3 is 4.74 Å². The van der Waals surface area contributed by atoms with Crippen LogP contribution in [0, 0.1) is 11.3 Å². The molecule has 1 atom stereocenters. The van der Waals surface area contributed by atoms with Crippen molar-refractivity contribution in [1.82, 2.24) is 4.98 Å². The van der Waals surface area contributed by atoms with Crippen molar-refractivity contribution in [3.05, 3.63) is 77.0 Å². The Kier molecular flexibility index (Phi) is 4.37. The fourth-order valence-electron chi connectivity index (χ4n) is 3.80. The van der Waals surface area contributed by atoms with Crippen LogP contribution in [0.15, 0.2) is 54.6 Å². The number of para-hydroxylation sites is 1. The van der Waals surface area contributed by atoms with E-state index < -0.39 is 5.97 Å². The molecule has 4 nitrogen and oxygen atoms in total. The number of hydrogen-bond acceptors (Lipinski definition) is 4. The Morgan fingerprint density at radius 1 is 1.15 bits per heavy atom. The molecule has 4 heteroatoms. The number of benzene rings is 2. The molecule has 1 aliphatic rings. The summed E-state index contributed by atoms with van der Waals surface area (Å²) >= 11 is 0. The van der Waals surface area contributed by atoms with E-state index in [0.29, 0.717) is 11.5 Å². The Hall–Kier alpha value is -3.19. The predicted octanol–water partition coefficient (Wildman–Crippen LogP) is 4.19. The Morgan fingerprint density at radius 3 is 2.73 bits per heavy atom. The molecule has 0 amide bonds. The van der Waals surface area contributed by atoms with Crippen molar-refractivity contribution in [2.45, 2.75) is 25.2 Å². The first-order valence-corrected chi connectivity index (χ1v) is 8.77. The van der Waals surface area contributed by atoms with Crippen LogP contribution >= 0.6 is 0 Å². The fourth-order valence-corrected chi connectivity index (χ4v) is 3.80. The van der Waals surface area contributed by atoms with Crippen LogP contribution in [0.3, 0.4) is 0 Å². The van der Waals surface area contributed by atoms with Gasteiger partial charge in [0, 0.05) is 11.1 Å². The van der Waals surface area contributed by atoms with Gasteiger partial charge in [0.1, 0.15) is 6.07 Å². The maximum atomic E-state index is 12.7. The van der Waals surface area contributed by atoms with E-state index in [0.717, 1.165) is 41.4 Å². The van der Waals surface area contributed by atoms with Gasteiger partial charge in [-0.3, -0.25) is 4.98 Å². The molecule has 0 bridgehead atoms. The van der Waals surface area contributed by atoms with Gasteiger partial charge in [-0.25, -0.2) is 4.79 Å². The summed E-state index contributed by atoms with van der Waals surface area (Å²) in [7, 11) is 0. The van der Waals surface area contributed by atoms with Gasteiger partial charge in [0.15, 0.2) is 6.61 Å². The van der Waals surface area contributed by atoms with Crippen LogP contribution in [0.4, 0.5) is 0 Å². The molecule has 4 rings (SSSR count). The van der Waals surface area contributed by atoms with Gasteiger partial charge in [-0.15, -0.1) is 0 Å². The summed E-state index contributed by atoms with van der Waals surface area (Å²) in [6.07, 6.45) is 2.60. The molecule has 0 fully saturated rings. The molecule has 2 aromatic carbocycles. The van der Waals surface area contributed by atoms with Crippen LogP contribution in [-0.2, 0) is 17.6 Å². The molecule has 1 aliphatic carbocycles. The number of pyridine rings is 1. The van der Waals surface area contributed by atoms with Gasteiger partial charge in [-0.05, 0) is 42.4 Å². The Bertz CT molecular complexity index is 1010. The summed E-state index contributed by atoms with van der Waals surface area (Å²) < 4.78 is 5.16. The van der Waals surface area contributed by atoms with Crippen molar-refractivity contribution in [3.63, 3.8) is 0 Å². The third-order valence-electron chi connectivity index (χ3n) is 5.00.